The van der Waals surface area contributed by atoms with E-state index in [0.29, 0.717) is 25.4 Å². The number of rotatable bonds is 10. The number of likely N-dealkylation sites (N-methyl/N-ethyl adjacent to an activating group) is 1. The van der Waals surface area contributed by atoms with Crippen LogP contribution in [0.3, 0.4) is 0 Å². The van der Waals surface area contributed by atoms with Gasteiger partial charge in [-0.3, -0.25) is 4.79 Å². The highest BCUT2D eigenvalue weighted by molar-refractivity contribution is 5.78. The maximum Gasteiger partial charge on any atom is 0.323 e. The minimum Gasteiger partial charge on any atom is -0.480 e. The van der Waals surface area contributed by atoms with Gasteiger partial charge < -0.3 is 15.3 Å². The molecule has 0 heterocycles. The second-order valence-electron chi connectivity index (χ2n) is 5.10. The summed E-state index contributed by atoms with van der Waals surface area (Å²) in [6.45, 7) is 13.1. The predicted octanol–water partition coefficient (Wildman–Crippen LogP) is 2.34. The molecule has 0 spiro atoms. The minimum atomic E-state index is -0.745. The summed E-state index contributed by atoms with van der Waals surface area (Å²) in [6.07, 6.45) is 2.24. The fourth-order valence-corrected chi connectivity index (χ4v) is 2.43. The first kappa shape index (κ1) is 17.4. The third kappa shape index (κ3) is 4.94. The van der Waals surface area contributed by atoms with E-state index in [1.54, 1.807) is 0 Å². The molecule has 1 unspecified atom stereocenters. The Morgan fingerprint density at radius 1 is 1.33 bits per heavy atom. The zero-order chi connectivity index (χ0) is 14.2. The monoisotopic (exact) mass is 258 g/mol. The Bertz CT molecular complexity index is 244. The molecule has 108 valence electrons. The zero-order valence-corrected chi connectivity index (χ0v) is 12.6. The Morgan fingerprint density at radius 3 is 2.28 bits per heavy atom. The van der Waals surface area contributed by atoms with Crippen molar-refractivity contribution in [1.29, 1.82) is 0 Å². The van der Waals surface area contributed by atoms with Crippen molar-refractivity contribution in [3.05, 3.63) is 0 Å². The van der Waals surface area contributed by atoms with Crippen molar-refractivity contribution in [2.24, 2.45) is 0 Å². The number of carboxylic acid groups (broad SMARTS) is 1. The van der Waals surface area contributed by atoms with Gasteiger partial charge in [-0.2, -0.15) is 0 Å². The molecule has 1 atom stereocenters. The molecule has 0 rings (SSSR count). The summed E-state index contributed by atoms with van der Waals surface area (Å²) in [5.41, 5.74) is -0.745. The number of aliphatic carboxylic acids is 1. The molecule has 0 aliphatic rings. The Kier molecular flexibility index (Phi) is 8.20. The SMILES string of the molecule is CCNC(CC)(CCCN(CC)C(C)C)C(=O)O. The summed E-state index contributed by atoms with van der Waals surface area (Å²) in [5, 5.41) is 12.6. The van der Waals surface area contributed by atoms with Crippen LogP contribution in [0.5, 0.6) is 0 Å². The van der Waals surface area contributed by atoms with E-state index in [2.05, 4.69) is 31.0 Å². The summed E-state index contributed by atoms with van der Waals surface area (Å²) in [4.78, 5) is 13.8. The maximum atomic E-state index is 11.4. The smallest absolute Gasteiger partial charge is 0.323 e. The lowest BCUT2D eigenvalue weighted by Gasteiger charge is -2.31. The van der Waals surface area contributed by atoms with Crippen LogP contribution < -0.4 is 5.32 Å². The van der Waals surface area contributed by atoms with E-state index < -0.39 is 11.5 Å². The van der Waals surface area contributed by atoms with Crippen LogP contribution >= 0.6 is 0 Å². The topological polar surface area (TPSA) is 52.6 Å². The number of hydrogen-bond acceptors (Lipinski definition) is 3. The van der Waals surface area contributed by atoms with Crippen molar-refractivity contribution < 1.29 is 9.90 Å². The van der Waals surface area contributed by atoms with Gasteiger partial charge in [0.15, 0.2) is 0 Å². The van der Waals surface area contributed by atoms with Crippen molar-refractivity contribution in [1.82, 2.24) is 10.2 Å². The van der Waals surface area contributed by atoms with Crippen LogP contribution in [0.1, 0.15) is 53.9 Å². The summed E-state index contributed by atoms with van der Waals surface area (Å²) in [5.74, 6) is -0.723. The number of carboxylic acids is 1. The van der Waals surface area contributed by atoms with E-state index in [1.807, 2.05) is 13.8 Å². The zero-order valence-electron chi connectivity index (χ0n) is 12.6. The molecule has 0 aromatic rings. The van der Waals surface area contributed by atoms with Gasteiger partial charge in [0.25, 0.3) is 0 Å². The molecule has 0 aromatic heterocycles. The number of carbonyl (C=O) groups is 1. The lowest BCUT2D eigenvalue weighted by molar-refractivity contribution is -0.145. The second-order valence-corrected chi connectivity index (χ2v) is 5.10. The summed E-state index contributed by atoms with van der Waals surface area (Å²) < 4.78 is 0. The van der Waals surface area contributed by atoms with Crippen molar-refractivity contribution >= 4 is 5.97 Å². The fourth-order valence-electron chi connectivity index (χ4n) is 2.43. The maximum absolute atomic E-state index is 11.4. The molecule has 0 saturated carbocycles. The molecular weight excluding hydrogens is 228 g/mol. The summed E-state index contributed by atoms with van der Waals surface area (Å²) in [7, 11) is 0. The van der Waals surface area contributed by atoms with E-state index in [4.69, 9.17) is 0 Å². The molecule has 0 aliphatic heterocycles. The van der Waals surface area contributed by atoms with Crippen LogP contribution in [0.15, 0.2) is 0 Å². The average molecular weight is 258 g/mol. The van der Waals surface area contributed by atoms with E-state index >= 15 is 0 Å². The molecule has 0 aliphatic carbocycles. The first-order chi connectivity index (χ1) is 8.43. The standard InChI is InChI=1S/C14H30N2O2/c1-6-14(13(17)18,15-7-2)10-9-11-16(8-3)12(4)5/h12,15H,6-11H2,1-5H3,(H,17,18). The van der Waals surface area contributed by atoms with Gasteiger partial charge in [-0.25, -0.2) is 0 Å². The Labute approximate surface area is 112 Å². The van der Waals surface area contributed by atoms with Crippen LogP contribution in [0.25, 0.3) is 0 Å². The van der Waals surface area contributed by atoms with Gasteiger partial charge >= 0.3 is 5.97 Å². The Morgan fingerprint density at radius 2 is 1.94 bits per heavy atom. The summed E-state index contributed by atoms with van der Waals surface area (Å²) in [6, 6.07) is 0.523. The van der Waals surface area contributed by atoms with E-state index in [9.17, 15) is 9.90 Å². The molecule has 4 nitrogen and oxygen atoms in total. The minimum absolute atomic E-state index is 0.523. The fraction of sp³-hybridized carbons (Fsp3) is 0.929. The Hall–Kier alpha value is -0.610. The molecule has 2 N–H and O–H groups in total. The number of hydrogen-bond donors (Lipinski definition) is 2. The summed E-state index contributed by atoms with van der Waals surface area (Å²) >= 11 is 0. The van der Waals surface area contributed by atoms with Crippen LogP contribution in [-0.4, -0.2) is 47.2 Å². The third-order valence-corrected chi connectivity index (χ3v) is 3.71. The highest BCUT2D eigenvalue weighted by atomic mass is 16.4. The number of nitrogens with zero attached hydrogens (tertiary/aromatic N) is 1. The van der Waals surface area contributed by atoms with E-state index in [-0.39, 0.29) is 0 Å². The van der Waals surface area contributed by atoms with Crippen molar-refractivity contribution in [2.75, 3.05) is 19.6 Å². The quantitative estimate of drug-likeness (QED) is 0.631. The van der Waals surface area contributed by atoms with Gasteiger partial charge in [-0.1, -0.05) is 20.8 Å². The predicted molar refractivity (Wildman–Crippen MR) is 76.0 cm³/mol. The first-order valence-corrected chi connectivity index (χ1v) is 7.16. The lowest BCUT2D eigenvalue weighted by Crippen LogP contribution is -2.52. The van der Waals surface area contributed by atoms with Crippen LogP contribution in [0, 0.1) is 0 Å². The third-order valence-electron chi connectivity index (χ3n) is 3.71. The van der Waals surface area contributed by atoms with Gasteiger partial charge in [0, 0.05) is 6.04 Å². The van der Waals surface area contributed by atoms with Gasteiger partial charge in [0.1, 0.15) is 5.54 Å². The molecule has 4 heteroatoms. The lowest BCUT2D eigenvalue weighted by atomic mass is 9.90. The van der Waals surface area contributed by atoms with Crippen LogP contribution in [0.4, 0.5) is 0 Å². The van der Waals surface area contributed by atoms with Gasteiger partial charge in [0.05, 0.1) is 0 Å². The second kappa shape index (κ2) is 8.48. The van der Waals surface area contributed by atoms with E-state index in [1.165, 1.54) is 0 Å². The van der Waals surface area contributed by atoms with Gasteiger partial charge in [-0.15, -0.1) is 0 Å². The molecule has 0 bridgehead atoms. The van der Waals surface area contributed by atoms with Crippen LogP contribution in [-0.2, 0) is 4.79 Å². The molecular formula is C14H30N2O2. The molecule has 0 aromatic carbocycles. The molecule has 18 heavy (non-hydrogen) atoms. The van der Waals surface area contributed by atoms with Gasteiger partial charge in [0.2, 0.25) is 0 Å². The van der Waals surface area contributed by atoms with Gasteiger partial charge in [-0.05, 0) is 52.7 Å². The Balaban J connectivity index is 4.39. The molecule has 0 fully saturated rings. The van der Waals surface area contributed by atoms with Crippen LogP contribution in [0.2, 0.25) is 0 Å². The largest absolute Gasteiger partial charge is 0.480 e. The average Bonchev–Trinajstić information content (AvgIpc) is 2.32. The number of nitrogens with one attached hydrogen (secondary N) is 1. The van der Waals surface area contributed by atoms with Crippen molar-refractivity contribution in [2.45, 2.75) is 65.5 Å². The molecule has 0 radical (unpaired) electrons. The first-order valence-electron chi connectivity index (χ1n) is 7.16. The van der Waals surface area contributed by atoms with E-state index in [0.717, 1.165) is 19.5 Å². The normalized spacial score (nSPS) is 15.1. The molecule has 0 saturated heterocycles. The highest BCUT2D eigenvalue weighted by Gasteiger charge is 2.35. The highest BCUT2D eigenvalue weighted by Crippen LogP contribution is 2.18. The van der Waals surface area contributed by atoms with Crippen molar-refractivity contribution in [3.63, 3.8) is 0 Å². The molecule has 0 amide bonds. The van der Waals surface area contributed by atoms with Crippen molar-refractivity contribution in [3.8, 4) is 0 Å².